The monoisotopic (exact) mass is 314 g/mol. The number of nitro groups is 1. The van der Waals surface area contributed by atoms with Gasteiger partial charge in [-0.25, -0.2) is 0 Å². The predicted molar refractivity (Wildman–Crippen MR) is 82.7 cm³/mol. The minimum atomic E-state index is -0.527. The van der Waals surface area contributed by atoms with E-state index in [-0.39, 0.29) is 41.3 Å². The Morgan fingerprint density at radius 1 is 1.43 bits per heavy atom. The molecule has 0 aromatic heterocycles. The number of rotatable bonds is 3. The molecule has 2 rings (SSSR count). The van der Waals surface area contributed by atoms with Crippen molar-refractivity contribution in [3.63, 3.8) is 0 Å². The molecule has 0 spiro atoms. The van der Waals surface area contributed by atoms with Crippen molar-refractivity contribution in [1.82, 2.24) is 10.2 Å². The largest absolute Gasteiger partial charge is 0.398 e. The average Bonchev–Trinajstić information content (AvgIpc) is 2.47. The van der Waals surface area contributed by atoms with Crippen LogP contribution in [0.2, 0.25) is 0 Å². The second-order valence-electron chi connectivity index (χ2n) is 4.93. The zero-order chi connectivity index (χ0) is 14.7. The smallest absolute Gasteiger partial charge is 0.270 e. The Bertz CT molecular complexity index is 532. The zero-order valence-corrected chi connectivity index (χ0v) is 12.6. The van der Waals surface area contributed by atoms with E-state index in [0.717, 1.165) is 25.9 Å². The number of non-ortho nitro benzene ring substituents is 1. The number of carbonyl (C=O) groups is 1. The highest BCUT2D eigenvalue weighted by molar-refractivity contribution is 5.99. The molecule has 1 aliphatic rings. The normalized spacial score (nSPS) is 15.1. The van der Waals surface area contributed by atoms with Crippen LogP contribution in [0.15, 0.2) is 18.2 Å². The summed E-state index contributed by atoms with van der Waals surface area (Å²) in [6.45, 7) is 1.74. The van der Waals surface area contributed by atoms with Gasteiger partial charge in [0.25, 0.3) is 11.6 Å². The molecule has 21 heavy (non-hydrogen) atoms. The molecule has 1 heterocycles. The first-order valence-electron chi connectivity index (χ1n) is 6.52. The Hall–Kier alpha value is -1.86. The van der Waals surface area contributed by atoms with Crippen molar-refractivity contribution >= 4 is 29.7 Å². The highest BCUT2D eigenvalue weighted by atomic mass is 35.5. The van der Waals surface area contributed by atoms with Gasteiger partial charge < -0.3 is 16.0 Å². The molecule has 1 aromatic rings. The molecule has 1 saturated heterocycles. The van der Waals surface area contributed by atoms with Gasteiger partial charge >= 0.3 is 0 Å². The van der Waals surface area contributed by atoms with Crippen LogP contribution in [0, 0.1) is 10.1 Å². The van der Waals surface area contributed by atoms with Crippen molar-refractivity contribution < 1.29 is 9.72 Å². The highest BCUT2D eigenvalue weighted by Gasteiger charge is 2.25. The topological polar surface area (TPSA) is 102 Å². The van der Waals surface area contributed by atoms with Crippen LogP contribution in [0.4, 0.5) is 11.4 Å². The number of nitrogens with one attached hydrogen (secondary N) is 1. The quantitative estimate of drug-likeness (QED) is 0.499. The number of amides is 1. The molecule has 3 N–H and O–H groups in total. The maximum Gasteiger partial charge on any atom is 0.270 e. The molecule has 0 aliphatic carbocycles. The summed E-state index contributed by atoms with van der Waals surface area (Å²) in [6.07, 6.45) is 1.74. The first-order valence-corrected chi connectivity index (χ1v) is 6.52. The van der Waals surface area contributed by atoms with Crippen LogP contribution in [-0.2, 0) is 0 Å². The van der Waals surface area contributed by atoms with E-state index >= 15 is 0 Å². The standard InChI is InChI=1S/C13H18N4O3.ClH/c1-16(9-4-6-15-7-5-9)13(18)11-8-10(17(19)20)2-3-12(11)14;/h2-3,8-9,15H,4-7,14H2,1H3;1H. The lowest BCUT2D eigenvalue weighted by Gasteiger charge is -2.31. The number of piperidine rings is 1. The number of carbonyl (C=O) groups excluding carboxylic acids is 1. The molecule has 1 aromatic carbocycles. The average molecular weight is 315 g/mol. The number of hydrogen-bond donors (Lipinski definition) is 2. The van der Waals surface area contributed by atoms with E-state index in [1.807, 2.05) is 0 Å². The van der Waals surface area contributed by atoms with Crippen molar-refractivity contribution in [2.45, 2.75) is 18.9 Å². The highest BCUT2D eigenvalue weighted by Crippen LogP contribution is 2.22. The Morgan fingerprint density at radius 2 is 2.05 bits per heavy atom. The molecule has 0 saturated carbocycles. The zero-order valence-electron chi connectivity index (χ0n) is 11.7. The van der Waals surface area contributed by atoms with Crippen molar-refractivity contribution in [2.24, 2.45) is 0 Å². The van der Waals surface area contributed by atoms with Gasteiger partial charge in [0.15, 0.2) is 0 Å². The third-order valence-corrected chi connectivity index (χ3v) is 3.65. The number of hydrogen-bond acceptors (Lipinski definition) is 5. The summed E-state index contributed by atoms with van der Waals surface area (Å²) in [7, 11) is 1.72. The van der Waals surface area contributed by atoms with Crippen molar-refractivity contribution in [3.8, 4) is 0 Å². The third-order valence-electron chi connectivity index (χ3n) is 3.65. The summed E-state index contributed by atoms with van der Waals surface area (Å²) in [6, 6.07) is 4.09. The first kappa shape index (κ1) is 17.2. The van der Waals surface area contributed by atoms with Gasteiger partial charge in [-0.1, -0.05) is 0 Å². The summed E-state index contributed by atoms with van der Waals surface area (Å²) in [5.41, 5.74) is 6.11. The van der Waals surface area contributed by atoms with E-state index < -0.39 is 4.92 Å². The van der Waals surface area contributed by atoms with E-state index in [1.165, 1.54) is 18.2 Å². The summed E-state index contributed by atoms with van der Waals surface area (Å²) >= 11 is 0. The Morgan fingerprint density at radius 3 is 2.62 bits per heavy atom. The Labute approximate surface area is 129 Å². The van der Waals surface area contributed by atoms with Crippen LogP contribution in [-0.4, -0.2) is 41.9 Å². The van der Waals surface area contributed by atoms with E-state index in [4.69, 9.17) is 5.73 Å². The molecule has 7 nitrogen and oxygen atoms in total. The lowest BCUT2D eigenvalue weighted by Crippen LogP contribution is -2.44. The number of nitrogens with two attached hydrogens (primary N) is 1. The Kier molecular flexibility index (Phi) is 5.92. The molecule has 8 heteroatoms. The molecule has 0 unspecified atom stereocenters. The van der Waals surface area contributed by atoms with Crippen LogP contribution >= 0.6 is 12.4 Å². The fourth-order valence-corrected chi connectivity index (χ4v) is 2.39. The molecular weight excluding hydrogens is 296 g/mol. The number of anilines is 1. The maximum atomic E-state index is 12.4. The molecule has 0 radical (unpaired) electrons. The van der Waals surface area contributed by atoms with Crippen molar-refractivity contribution in [2.75, 3.05) is 25.9 Å². The molecule has 1 fully saturated rings. The summed E-state index contributed by atoms with van der Waals surface area (Å²) < 4.78 is 0. The predicted octanol–water partition coefficient (Wildman–Crippen LogP) is 1.42. The number of nitrogens with zero attached hydrogens (tertiary/aromatic N) is 2. The maximum absolute atomic E-state index is 12.4. The van der Waals surface area contributed by atoms with Crippen LogP contribution in [0.1, 0.15) is 23.2 Å². The van der Waals surface area contributed by atoms with E-state index in [2.05, 4.69) is 5.32 Å². The van der Waals surface area contributed by atoms with Gasteiger partial charge in [-0.3, -0.25) is 14.9 Å². The number of benzene rings is 1. The summed E-state index contributed by atoms with van der Waals surface area (Å²) in [5.74, 6) is -0.266. The lowest BCUT2D eigenvalue weighted by atomic mass is 10.0. The Balaban J connectivity index is 0.00000220. The molecule has 0 bridgehead atoms. The van der Waals surface area contributed by atoms with Gasteiger partial charge in [-0.05, 0) is 32.0 Å². The van der Waals surface area contributed by atoms with E-state index in [0.29, 0.717) is 0 Å². The van der Waals surface area contributed by atoms with Crippen molar-refractivity contribution in [3.05, 3.63) is 33.9 Å². The molecule has 0 atom stereocenters. The first-order chi connectivity index (χ1) is 9.50. The summed E-state index contributed by atoms with van der Waals surface area (Å²) in [5, 5.41) is 14.0. The van der Waals surface area contributed by atoms with E-state index in [1.54, 1.807) is 11.9 Å². The fourth-order valence-electron chi connectivity index (χ4n) is 2.39. The van der Waals surface area contributed by atoms with E-state index in [9.17, 15) is 14.9 Å². The summed E-state index contributed by atoms with van der Waals surface area (Å²) in [4.78, 5) is 24.3. The molecule has 116 valence electrons. The molecular formula is C13H19ClN4O3. The third kappa shape index (κ3) is 3.83. The van der Waals surface area contributed by atoms with Gasteiger partial charge in [0, 0.05) is 30.9 Å². The second kappa shape index (κ2) is 7.24. The van der Waals surface area contributed by atoms with Gasteiger partial charge in [0.2, 0.25) is 0 Å². The van der Waals surface area contributed by atoms with Gasteiger partial charge in [-0.2, -0.15) is 0 Å². The molecule has 1 amide bonds. The number of halogens is 1. The van der Waals surface area contributed by atoms with Crippen LogP contribution in [0.5, 0.6) is 0 Å². The van der Waals surface area contributed by atoms with Crippen LogP contribution in [0.25, 0.3) is 0 Å². The fraction of sp³-hybridized carbons (Fsp3) is 0.462. The minimum Gasteiger partial charge on any atom is -0.398 e. The van der Waals surface area contributed by atoms with Gasteiger partial charge in [-0.15, -0.1) is 12.4 Å². The van der Waals surface area contributed by atoms with Gasteiger partial charge in [0.1, 0.15) is 0 Å². The SMILES string of the molecule is CN(C(=O)c1cc([N+](=O)[O-])ccc1N)C1CCNCC1.Cl. The van der Waals surface area contributed by atoms with Crippen molar-refractivity contribution in [1.29, 1.82) is 0 Å². The lowest BCUT2D eigenvalue weighted by molar-refractivity contribution is -0.384. The van der Waals surface area contributed by atoms with Crippen LogP contribution < -0.4 is 11.1 Å². The number of nitro benzene ring substituents is 1. The second-order valence-corrected chi connectivity index (χ2v) is 4.93. The number of nitrogen functional groups attached to an aromatic ring is 1. The molecule has 1 aliphatic heterocycles. The van der Waals surface area contributed by atoms with Crippen LogP contribution in [0.3, 0.4) is 0 Å². The minimum absolute atomic E-state index is 0. The van der Waals surface area contributed by atoms with Gasteiger partial charge in [0.05, 0.1) is 10.5 Å².